The van der Waals surface area contributed by atoms with Gasteiger partial charge in [-0.05, 0) is 0 Å². The Bertz CT molecular complexity index is 237. The molecule has 0 aromatic rings. The van der Waals surface area contributed by atoms with Crippen molar-refractivity contribution in [2.45, 2.75) is 0 Å². The molecule has 0 aliphatic rings. The molecule has 0 aromatic carbocycles. The first kappa shape index (κ1) is 13.5. The van der Waals surface area contributed by atoms with Crippen LogP contribution in [0.25, 0.3) is 0 Å². The summed E-state index contributed by atoms with van der Waals surface area (Å²) in [5.41, 5.74) is 0. The van der Waals surface area contributed by atoms with Gasteiger partial charge in [-0.2, -0.15) is 0 Å². The normalized spacial score (nSPS) is 12.2. The Morgan fingerprint density at radius 2 is 1.10 bits per heavy atom. The molecular weight excluding hydrogens is 344 g/mol. The fraction of sp³-hybridized carbons (Fsp3) is 0. The summed E-state index contributed by atoms with van der Waals surface area (Å²) in [6.45, 7) is 0. The van der Waals surface area contributed by atoms with E-state index in [0.717, 1.165) is 0 Å². The van der Waals surface area contributed by atoms with Crippen molar-refractivity contribution >= 4 is 23.7 Å². The second-order valence-corrected chi connectivity index (χ2v) is 4.52. The van der Waals surface area contributed by atoms with Crippen LogP contribution in [0, 0.1) is 0 Å². The Hall–Kier alpha value is 0.935. The molecule has 0 N–H and O–H groups in total. The maximum absolute atomic E-state index is 9.38. The van der Waals surface area contributed by atoms with Crippen LogP contribution >= 0.6 is 0 Å². The molecule has 0 aliphatic heterocycles. The molecule has 0 rings (SSSR count). The van der Waals surface area contributed by atoms with E-state index in [1.807, 2.05) is 0 Å². The van der Waals surface area contributed by atoms with Gasteiger partial charge in [0.05, 0.1) is 0 Å². The quantitative estimate of drug-likeness (QED) is 0.469. The van der Waals surface area contributed by atoms with Crippen LogP contribution in [0.4, 0.5) is 0 Å². The van der Waals surface area contributed by atoms with Crippen molar-refractivity contribution in [3.05, 3.63) is 0 Å². The molecule has 62 valence electrons. The van der Waals surface area contributed by atoms with E-state index >= 15 is 0 Å². The predicted molar refractivity (Wildman–Crippen MR) is 12.4 cm³/mol. The predicted octanol–water partition coefficient (Wildman–Crippen LogP) is -3.84. The second-order valence-electron chi connectivity index (χ2n) is 0.885. The standard InChI is InChI=1S/2Cr.7O.H2Te/h;;;;;;;;;1H2/q;;;;;;;2*-1;+2. The molecule has 0 saturated heterocycles. The van der Waals surface area contributed by atoms with Gasteiger partial charge in [0.2, 0.25) is 0 Å². The second kappa shape index (κ2) is 4.08. The van der Waals surface area contributed by atoms with Gasteiger partial charge in [0, 0.05) is 0 Å². The number of rotatable bonds is 2. The first-order valence-electron chi connectivity index (χ1n) is 1.33. The van der Waals surface area contributed by atoms with Crippen LogP contribution in [0.15, 0.2) is 0 Å². The van der Waals surface area contributed by atoms with E-state index < -0.39 is 27.2 Å². The zero-order chi connectivity index (χ0) is 7.71. The molecule has 0 spiro atoms. The molecule has 0 saturated carbocycles. The average Bonchev–Trinajstić information content (AvgIpc) is 1.14. The van der Waals surface area contributed by atoms with Crippen LogP contribution < -0.4 is 8.32 Å². The van der Waals surface area contributed by atoms with Gasteiger partial charge in [-0.25, -0.2) is 0 Å². The fourth-order valence-electron chi connectivity index (χ4n) is 0.102. The van der Waals surface area contributed by atoms with E-state index in [9.17, 15) is 23.5 Å². The SMILES string of the molecule is [O]=[Cr](=[O])([O-])[O][Cr](=[O])(=[O])[O-].[TeH2+2]. The molecule has 10 heavy (non-hydrogen) atoms. The fourth-order valence-corrected chi connectivity index (χ4v) is 1.74. The van der Waals surface area contributed by atoms with Gasteiger partial charge in [0.1, 0.15) is 0 Å². The van der Waals surface area contributed by atoms with Gasteiger partial charge in [0.25, 0.3) is 0 Å². The maximum atomic E-state index is 9.38. The van der Waals surface area contributed by atoms with Crippen LogP contribution in [-0.2, 0) is 45.3 Å². The third kappa shape index (κ3) is 11.7. The minimum atomic E-state index is -6.07. The summed E-state index contributed by atoms with van der Waals surface area (Å²) in [7, 11) is 0. The van der Waals surface area contributed by atoms with Crippen LogP contribution in [0.3, 0.4) is 0 Å². The van der Waals surface area contributed by atoms with Crippen molar-refractivity contribution in [1.82, 2.24) is 0 Å². The van der Waals surface area contributed by atoms with Gasteiger partial charge in [0.15, 0.2) is 0 Å². The average molecular weight is 346 g/mol. The topological polar surface area (TPSA) is 124 Å². The Morgan fingerprint density at radius 1 is 0.900 bits per heavy atom. The molecule has 0 aromatic heterocycles. The van der Waals surface area contributed by atoms with Gasteiger partial charge in [-0.3, -0.25) is 0 Å². The van der Waals surface area contributed by atoms with Crippen molar-refractivity contribution in [1.29, 1.82) is 0 Å². The first-order valence-corrected chi connectivity index (χ1v) is 5.50. The molecule has 0 fully saturated rings. The van der Waals surface area contributed by atoms with Gasteiger partial charge in [-0.15, -0.1) is 0 Å². The van der Waals surface area contributed by atoms with E-state index in [4.69, 9.17) is 0 Å². The van der Waals surface area contributed by atoms with Crippen LogP contribution in [0.1, 0.15) is 0 Å². The summed E-state index contributed by atoms with van der Waals surface area (Å²) in [6.07, 6.45) is 0. The third-order valence-corrected chi connectivity index (χ3v) is 2.83. The summed E-state index contributed by atoms with van der Waals surface area (Å²) in [6, 6.07) is 0. The Labute approximate surface area is 76.9 Å². The van der Waals surface area contributed by atoms with Crippen LogP contribution in [0.2, 0.25) is 0 Å². The van der Waals surface area contributed by atoms with Crippen molar-refractivity contribution in [3.8, 4) is 0 Å². The molecule has 2 radical (unpaired) electrons. The van der Waals surface area contributed by atoms with E-state index in [1.54, 1.807) is 0 Å². The van der Waals surface area contributed by atoms with Gasteiger partial charge in [-0.1, -0.05) is 0 Å². The zero-order valence-corrected chi connectivity index (χ0v) is 9.58. The molecule has 0 amide bonds. The summed E-state index contributed by atoms with van der Waals surface area (Å²) in [5, 5.41) is 0. The monoisotopic (exact) mass is 348 g/mol. The van der Waals surface area contributed by atoms with E-state index in [1.165, 1.54) is 0 Å². The molecular formula is H2Cr2O7Te. The molecule has 0 bridgehead atoms. The summed E-state index contributed by atoms with van der Waals surface area (Å²) >= 11 is -12.1. The van der Waals surface area contributed by atoms with E-state index in [2.05, 4.69) is 2.84 Å². The van der Waals surface area contributed by atoms with Crippen molar-refractivity contribution in [2.24, 2.45) is 0 Å². The molecule has 0 unspecified atom stereocenters. The van der Waals surface area contributed by atoms with Crippen LogP contribution in [-0.4, -0.2) is 23.7 Å². The van der Waals surface area contributed by atoms with Gasteiger partial charge >= 0.3 is 77.3 Å². The Kier molecular flexibility index (Phi) is 5.52. The molecule has 0 heterocycles. The van der Waals surface area contributed by atoms with E-state index in [0.29, 0.717) is 0 Å². The molecule has 0 aliphatic carbocycles. The minimum absolute atomic E-state index is 0. The first-order chi connectivity index (χ1) is 3.71. The number of hydrogen-bond acceptors (Lipinski definition) is 7. The van der Waals surface area contributed by atoms with Gasteiger partial charge < -0.3 is 0 Å². The summed E-state index contributed by atoms with van der Waals surface area (Å²) in [4.78, 5) is 0. The molecule has 0 atom stereocenters. The van der Waals surface area contributed by atoms with Crippen molar-refractivity contribution in [2.75, 3.05) is 0 Å². The third-order valence-electron chi connectivity index (χ3n) is 0.167. The zero-order valence-electron chi connectivity index (χ0n) is 4.17. The Balaban J connectivity index is 0. The summed E-state index contributed by atoms with van der Waals surface area (Å²) in [5.74, 6) is 0. The summed E-state index contributed by atoms with van der Waals surface area (Å²) < 4.78 is 58.9. The Morgan fingerprint density at radius 3 is 1.10 bits per heavy atom. The molecule has 10 heteroatoms. The molecule has 7 nitrogen and oxygen atoms in total. The van der Waals surface area contributed by atoms with Crippen molar-refractivity contribution < 1.29 is 53.6 Å². The number of hydrogen-bond donors (Lipinski definition) is 0. The van der Waals surface area contributed by atoms with Crippen LogP contribution in [0.5, 0.6) is 0 Å². The van der Waals surface area contributed by atoms with E-state index in [-0.39, 0.29) is 23.7 Å². The van der Waals surface area contributed by atoms with Crippen molar-refractivity contribution in [3.63, 3.8) is 0 Å².